The molecule has 0 aromatic rings. The van der Waals surface area contributed by atoms with Crippen LogP contribution in [0, 0.1) is 0 Å². The van der Waals surface area contributed by atoms with Crippen LogP contribution in [0.15, 0.2) is 0 Å². The minimum absolute atomic E-state index is 0.0452. The summed E-state index contributed by atoms with van der Waals surface area (Å²) >= 11 is 0. The lowest BCUT2D eigenvalue weighted by atomic mass is 10.1. The number of esters is 1. The summed E-state index contributed by atoms with van der Waals surface area (Å²) in [6, 6.07) is 0. The summed E-state index contributed by atoms with van der Waals surface area (Å²) in [5.41, 5.74) is 0. The molecule has 0 saturated carbocycles. The van der Waals surface area contributed by atoms with E-state index in [1.54, 1.807) is 0 Å². The number of carbonyl (C=O) groups excluding carboxylic acids is 1. The highest BCUT2D eigenvalue weighted by atomic mass is 16.5. The smallest absolute Gasteiger partial charge is 0.305 e. The van der Waals surface area contributed by atoms with Gasteiger partial charge in [-0.15, -0.1) is 0 Å². The summed E-state index contributed by atoms with van der Waals surface area (Å²) < 4.78 is 4.88. The average molecular weight is 213 g/mol. The first-order valence-electron chi connectivity index (χ1n) is 6.21. The van der Waals surface area contributed by atoms with E-state index in [1.165, 1.54) is 32.4 Å². The van der Waals surface area contributed by atoms with E-state index >= 15 is 0 Å². The van der Waals surface area contributed by atoms with Crippen LogP contribution in [-0.2, 0) is 9.53 Å². The molecule has 0 aromatic heterocycles. The van der Waals surface area contributed by atoms with Gasteiger partial charge in [0.25, 0.3) is 0 Å². The Labute approximate surface area is 92.8 Å². The molecular weight excluding hydrogens is 190 g/mol. The van der Waals surface area contributed by atoms with Gasteiger partial charge in [0.15, 0.2) is 0 Å². The Morgan fingerprint density at radius 2 is 1.93 bits per heavy atom. The summed E-state index contributed by atoms with van der Waals surface area (Å²) in [5.74, 6) is -0.0452. The highest BCUT2D eigenvalue weighted by Crippen LogP contribution is 2.09. The van der Waals surface area contributed by atoms with Gasteiger partial charge in [0.05, 0.1) is 6.61 Å². The van der Waals surface area contributed by atoms with Crippen LogP contribution in [0.3, 0.4) is 0 Å². The van der Waals surface area contributed by atoms with Gasteiger partial charge in [-0.1, -0.05) is 6.42 Å². The SMILES string of the molecule is CCOC(=O)CCCCN1CCCCC1. The molecule has 0 aliphatic carbocycles. The summed E-state index contributed by atoms with van der Waals surface area (Å²) in [6.07, 6.45) is 6.75. The third kappa shape index (κ3) is 5.78. The Kier molecular flexibility index (Phi) is 6.41. The second-order valence-corrected chi connectivity index (χ2v) is 4.16. The minimum Gasteiger partial charge on any atom is -0.466 e. The lowest BCUT2D eigenvalue weighted by Crippen LogP contribution is -2.30. The van der Waals surface area contributed by atoms with Crippen molar-refractivity contribution in [2.75, 3.05) is 26.2 Å². The third-order valence-corrected chi connectivity index (χ3v) is 2.86. The lowest BCUT2D eigenvalue weighted by molar-refractivity contribution is -0.143. The first-order valence-corrected chi connectivity index (χ1v) is 6.21. The van der Waals surface area contributed by atoms with E-state index in [1.807, 2.05) is 6.92 Å². The van der Waals surface area contributed by atoms with Gasteiger partial charge in [0, 0.05) is 6.42 Å². The molecule has 0 aromatic carbocycles. The van der Waals surface area contributed by atoms with Gasteiger partial charge in [-0.2, -0.15) is 0 Å². The fraction of sp³-hybridized carbons (Fsp3) is 0.917. The van der Waals surface area contributed by atoms with Crippen molar-refractivity contribution in [2.24, 2.45) is 0 Å². The minimum atomic E-state index is -0.0452. The van der Waals surface area contributed by atoms with Crippen molar-refractivity contribution in [1.82, 2.24) is 4.90 Å². The fourth-order valence-corrected chi connectivity index (χ4v) is 2.02. The van der Waals surface area contributed by atoms with E-state index < -0.39 is 0 Å². The predicted octanol–water partition coefficient (Wildman–Crippen LogP) is 2.21. The van der Waals surface area contributed by atoms with E-state index in [4.69, 9.17) is 4.74 Å². The monoisotopic (exact) mass is 213 g/mol. The lowest BCUT2D eigenvalue weighted by Gasteiger charge is -2.26. The van der Waals surface area contributed by atoms with Gasteiger partial charge in [-0.3, -0.25) is 4.79 Å². The molecule has 0 unspecified atom stereocenters. The molecule has 1 saturated heterocycles. The van der Waals surface area contributed by atoms with Crippen LogP contribution in [0.1, 0.15) is 45.4 Å². The second kappa shape index (κ2) is 7.69. The van der Waals surface area contributed by atoms with E-state index in [0.717, 1.165) is 19.4 Å². The molecule has 1 rings (SSSR count). The molecule has 0 atom stereocenters. The average Bonchev–Trinajstić information content (AvgIpc) is 2.26. The number of nitrogens with zero attached hydrogens (tertiary/aromatic N) is 1. The van der Waals surface area contributed by atoms with Crippen LogP contribution < -0.4 is 0 Å². The first-order chi connectivity index (χ1) is 7.33. The summed E-state index contributed by atoms with van der Waals surface area (Å²) in [6.45, 7) is 6.01. The number of hydrogen-bond acceptors (Lipinski definition) is 3. The Morgan fingerprint density at radius 1 is 1.20 bits per heavy atom. The predicted molar refractivity (Wildman–Crippen MR) is 60.8 cm³/mol. The van der Waals surface area contributed by atoms with E-state index in [0.29, 0.717) is 13.0 Å². The van der Waals surface area contributed by atoms with E-state index in [9.17, 15) is 4.79 Å². The quantitative estimate of drug-likeness (QED) is 0.500. The summed E-state index contributed by atoms with van der Waals surface area (Å²) in [4.78, 5) is 13.6. The molecule has 1 aliphatic rings. The zero-order chi connectivity index (χ0) is 10.9. The molecular formula is C12H23NO2. The first kappa shape index (κ1) is 12.5. The molecule has 88 valence electrons. The Balaban J connectivity index is 1.93. The molecule has 3 nitrogen and oxygen atoms in total. The van der Waals surface area contributed by atoms with Crippen molar-refractivity contribution in [3.63, 3.8) is 0 Å². The number of ether oxygens (including phenoxy) is 1. The Morgan fingerprint density at radius 3 is 2.60 bits per heavy atom. The van der Waals surface area contributed by atoms with E-state index in [-0.39, 0.29) is 5.97 Å². The van der Waals surface area contributed by atoms with Crippen LogP contribution in [-0.4, -0.2) is 37.1 Å². The van der Waals surface area contributed by atoms with Crippen molar-refractivity contribution >= 4 is 5.97 Å². The number of carbonyl (C=O) groups is 1. The molecule has 1 fully saturated rings. The summed E-state index contributed by atoms with van der Waals surface area (Å²) in [5, 5.41) is 0. The molecule has 15 heavy (non-hydrogen) atoms. The zero-order valence-corrected chi connectivity index (χ0v) is 9.83. The van der Waals surface area contributed by atoms with Gasteiger partial charge in [-0.05, 0) is 52.2 Å². The molecule has 3 heteroatoms. The van der Waals surface area contributed by atoms with Crippen molar-refractivity contribution in [3.05, 3.63) is 0 Å². The normalized spacial score (nSPS) is 17.7. The van der Waals surface area contributed by atoms with E-state index in [2.05, 4.69) is 4.90 Å². The largest absolute Gasteiger partial charge is 0.466 e. The second-order valence-electron chi connectivity index (χ2n) is 4.16. The van der Waals surface area contributed by atoms with Gasteiger partial charge >= 0.3 is 5.97 Å². The van der Waals surface area contributed by atoms with Gasteiger partial charge in [0.2, 0.25) is 0 Å². The van der Waals surface area contributed by atoms with Crippen LogP contribution in [0.5, 0.6) is 0 Å². The summed E-state index contributed by atoms with van der Waals surface area (Å²) in [7, 11) is 0. The topological polar surface area (TPSA) is 29.5 Å². The Bertz CT molecular complexity index is 176. The van der Waals surface area contributed by atoms with Gasteiger partial charge in [-0.25, -0.2) is 0 Å². The number of hydrogen-bond donors (Lipinski definition) is 0. The van der Waals surface area contributed by atoms with Crippen LogP contribution in [0.4, 0.5) is 0 Å². The van der Waals surface area contributed by atoms with Crippen LogP contribution in [0.2, 0.25) is 0 Å². The van der Waals surface area contributed by atoms with Crippen LogP contribution in [0.25, 0.3) is 0 Å². The fourth-order valence-electron chi connectivity index (χ4n) is 2.02. The number of likely N-dealkylation sites (tertiary alicyclic amines) is 1. The maximum atomic E-state index is 11.1. The number of rotatable bonds is 6. The third-order valence-electron chi connectivity index (χ3n) is 2.86. The molecule has 0 amide bonds. The van der Waals surface area contributed by atoms with Crippen molar-refractivity contribution in [2.45, 2.75) is 45.4 Å². The van der Waals surface area contributed by atoms with Gasteiger partial charge < -0.3 is 9.64 Å². The van der Waals surface area contributed by atoms with Crippen LogP contribution >= 0.6 is 0 Å². The molecule has 0 spiro atoms. The maximum absolute atomic E-state index is 11.1. The highest BCUT2D eigenvalue weighted by Gasteiger charge is 2.09. The molecule has 1 heterocycles. The number of piperidine rings is 1. The van der Waals surface area contributed by atoms with Gasteiger partial charge in [0.1, 0.15) is 0 Å². The molecule has 1 aliphatic heterocycles. The molecule has 0 N–H and O–H groups in total. The van der Waals surface area contributed by atoms with Crippen molar-refractivity contribution < 1.29 is 9.53 Å². The highest BCUT2D eigenvalue weighted by molar-refractivity contribution is 5.69. The van der Waals surface area contributed by atoms with Crippen molar-refractivity contribution in [1.29, 1.82) is 0 Å². The number of unbranched alkanes of at least 4 members (excludes halogenated alkanes) is 1. The molecule has 0 radical (unpaired) electrons. The Hall–Kier alpha value is -0.570. The van der Waals surface area contributed by atoms with Crippen molar-refractivity contribution in [3.8, 4) is 0 Å². The standard InChI is InChI=1S/C12H23NO2/c1-2-15-12(14)8-4-7-11-13-9-5-3-6-10-13/h2-11H2,1H3. The maximum Gasteiger partial charge on any atom is 0.305 e. The molecule has 0 bridgehead atoms. The zero-order valence-electron chi connectivity index (χ0n) is 9.83.